The maximum Gasteiger partial charge on any atom is 0.144 e. The van der Waals surface area contributed by atoms with Crippen LogP contribution in [0.1, 0.15) is 37.9 Å². The average Bonchev–Trinajstić information content (AvgIpc) is 2.91. The van der Waals surface area contributed by atoms with E-state index in [1.807, 2.05) is 12.1 Å². The molecule has 1 aliphatic rings. The molecule has 0 spiro atoms. The van der Waals surface area contributed by atoms with Crippen molar-refractivity contribution in [1.82, 2.24) is 15.2 Å². The number of nitriles is 1. The zero-order valence-electron chi connectivity index (χ0n) is 11.8. The second kappa shape index (κ2) is 6.65. The molecule has 2 heterocycles. The van der Waals surface area contributed by atoms with Crippen molar-refractivity contribution in [2.45, 2.75) is 45.3 Å². The number of nitrogens with zero attached hydrogens (tertiary/aromatic N) is 3. The summed E-state index contributed by atoms with van der Waals surface area (Å²) in [6, 6.07) is 7.14. The van der Waals surface area contributed by atoms with Crippen LogP contribution in [0.2, 0.25) is 0 Å². The van der Waals surface area contributed by atoms with Gasteiger partial charge in [0.25, 0.3) is 0 Å². The molecule has 19 heavy (non-hydrogen) atoms. The van der Waals surface area contributed by atoms with Crippen molar-refractivity contribution in [2.24, 2.45) is 0 Å². The van der Waals surface area contributed by atoms with Crippen LogP contribution in [0, 0.1) is 11.3 Å². The summed E-state index contributed by atoms with van der Waals surface area (Å²) < 4.78 is 0. The highest BCUT2D eigenvalue weighted by atomic mass is 15.2. The number of nitrogens with one attached hydrogen (secondary N) is 1. The molecule has 2 rings (SSSR count). The van der Waals surface area contributed by atoms with Crippen LogP contribution >= 0.6 is 0 Å². The van der Waals surface area contributed by atoms with Crippen LogP contribution in [0.3, 0.4) is 0 Å². The third-order valence-electron chi connectivity index (χ3n) is 3.72. The summed E-state index contributed by atoms with van der Waals surface area (Å²) in [4.78, 5) is 6.56. The van der Waals surface area contributed by atoms with Gasteiger partial charge in [0.15, 0.2) is 0 Å². The quantitative estimate of drug-likeness (QED) is 0.876. The first-order valence-corrected chi connectivity index (χ1v) is 7.02. The van der Waals surface area contributed by atoms with Gasteiger partial charge in [-0.25, -0.2) is 4.98 Å². The summed E-state index contributed by atoms with van der Waals surface area (Å²) in [5, 5.41) is 12.6. The number of hydrogen-bond donors (Lipinski definition) is 1. The lowest BCUT2D eigenvalue weighted by atomic mass is 10.1. The van der Waals surface area contributed by atoms with E-state index in [1.54, 1.807) is 6.20 Å². The fourth-order valence-electron chi connectivity index (χ4n) is 2.54. The molecule has 1 N–H and O–H groups in total. The van der Waals surface area contributed by atoms with E-state index < -0.39 is 0 Å². The topological polar surface area (TPSA) is 52.0 Å². The van der Waals surface area contributed by atoms with E-state index in [-0.39, 0.29) is 0 Å². The number of aromatic nitrogens is 1. The highest BCUT2D eigenvalue weighted by molar-refractivity contribution is 5.30. The van der Waals surface area contributed by atoms with Gasteiger partial charge in [0.2, 0.25) is 0 Å². The second-order valence-electron chi connectivity index (χ2n) is 5.44. The molecule has 1 aromatic heterocycles. The summed E-state index contributed by atoms with van der Waals surface area (Å²) in [5.41, 5.74) is 1.57. The van der Waals surface area contributed by atoms with Crippen LogP contribution in [0.25, 0.3) is 0 Å². The van der Waals surface area contributed by atoms with Gasteiger partial charge in [0, 0.05) is 36.9 Å². The van der Waals surface area contributed by atoms with Crippen LogP contribution in [0.5, 0.6) is 0 Å². The largest absolute Gasteiger partial charge is 0.313 e. The van der Waals surface area contributed by atoms with Gasteiger partial charge < -0.3 is 5.32 Å². The van der Waals surface area contributed by atoms with Crippen LogP contribution in [0.4, 0.5) is 0 Å². The molecule has 1 saturated heterocycles. The number of rotatable bonds is 5. The molecule has 0 bridgehead atoms. The SMILES string of the molecule is CC(C)N(Cc1cccnc1C#N)CC1CCCN1. The van der Waals surface area contributed by atoms with Crippen molar-refractivity contribution in [2.75, 3.05) is 13.1 Å². The number of pyridine rings is 1. The Hall–Kier alpha value is -1.44. The summed E-state index contributed by atoms with van der Waals surface area (Å²) >= 11 is 0. The molecule has 0 saturated carbocycles. The maximum absolute atomic E-state index is 9.11. The van der Waals surface area contributed by atoms with Gasteiger partial charge in [-0.3, -0.25) is 4.90 Å². The van der Waals surface area contributed by atoms with E-state index in [0.29, 0.717) is 17.8 Å². The summed E-state index contributed by atoms with van der Waals surface area (Å²) in [6.07, 6.45) is 4.20. The lowest BCUT2D eigenvalue weighted by Gasteiger charge is -2.29. The predicted octanol–water partition coefficient (Wildman–Crippen LogP) is 1.92. The Morgan fingerprint density at radius 1 is 1.58 bits per heavy atom. The fourth-order valence-corrected chi connectivity index (χ4v) is 2.54. The Morgan fingerprint density at radius 3 is 3.05 bits per heavy atom. The average molecular weight is 258 g/mol. The van der Waals surface area contributed by atoms with E-state index in [0.717, 1.165) is 25.2 Å². The molecular formula is C15H22N4. The summed E-state index contributed by atoms with van der Waals surface area (Å²) in [6.45, 7) is 7.38. The van der Waals surface area contributed by atoms with Crippen LogP contribution in [-0.4, -0.2) is 35.1 Å². The van der Waals surface area contributed by atoms with Gasteiger partial charge in [0.05, 0.1) is 0 Å². The highest BCUT2D eigenvalue weighted by Crippen LogP contribution is 2.14. The maximum atomic E-state index is 9.11. The van der Waals surface area contributed by atoms with Crippen LogP contribution in [-0.2, 0) is 6.54 Å². The number of hydrogen-bond acceptors (Lipinski definition) is 4. The van der Waals surface area contributed by atoms with Crippen molar-refractivity contribution in [3.05, 3.63) is 29.6 Å². The summed E-state index contributed by atoms with van der Waals surface area (Å²) in [7, 11) is 0. The zero-order chi connectivity index (χ0) is 13.7. The normalized spacial score (nSPS) is 19.0. The van der Waals surface area contributed by atoms with Crippen molar-refractivity contribution in [1.29, 1.82) is 5.26 Å². The van der Waals surface area contributed by atoms with E-state index >= 15 is 0 Å². The Kier molecular flexibility index (Phi) is 4.89. The minimum absolute atomic E-state index is 0.467. The fraction of sp³-hybridized carbons (Fsp3) is 0.600. The van der Waals surface area contributed by atoms with Gasteiger partial charge in [-0.1, -0.05) is 6.07 Å². The molecule has 1 unspecified atom stereocenters. The third kappa shape index (κ3) is 3.76. The monoisotopic (exact) mass is 258 g/mol. The molecule has 1 fully saturated rings. The molecule has 0 radical (unpaired) electrons. The van der Waals surface area contributed by atoms with Crippen molar-refractivity contribution in [3.63, 3.8) is 0 Å². The molecule has 1 aliphatic heterocycles. The third-order valence-corrected chi connectivity index (χ3v) is 3.72. The summed E-state index contributed by atoms with van der Waals surface area (Å²) in [5.74, 6) is 0. The Morgan fingerprint density at radius 2 is 2.42 bits per heavy atom. The standard InChI is InChI=1S/C15H22N4/c1-12(2)19(11-14-6-4-7-17-14)10-13-5-3-8-18-15(13)9-16/h3,5,8,12,14,17H,4,6-7,10-11H2,1-2H3. The Labute approximate surface area is 115 Å². The van der Waals surface area contributed by atoms with Crippen molar-refractivity contribution in [3.8, 4) is 6.07 Å². The van der Waals surface area contributed by atoms with Gasteiger partial charge in [0.1, 0.15) is 11.8 Å². The molecule has 0 amide bonds. The second-order valence-corrected chi connectivity index (χ2v) is 5.44. The minimum atomic E-state index is 0.467. The molecule has 1 aromatic rings. The van der Waals surface area contributed by atoms with Gasteiger partial charge in [-0.05, 0) is 39.3 Å². The first kappa shape index (κ1) is 14.0. The molecule has 0 aromatic carbocycles. The van der Waals surface area contributed by atoms with Gasteiger partial charge in [-0.2, -0.15) is 5.26 Å². The lowest BCUT2D eigenvalue weighted by molar-refractivity contribution is 0.193. The minimum Gasteiger partial charge on any atom is -0.313 e. The van der Waals surface area contributed by atoms with E-state index in [1.165, 1.54) is 12.8 Å². The smallest absolute Gasteiger partial charge is 0.144 e. The predicted molar refractivity (Wildman–Crippen MR) is 75.5 cm³/mol. The molecule has 4 heteroatoms. The first-order valence-electron chi connectivity index (χ1n) is 7.02. The van der Waals surface area contributed by atoms with Crippen LogP contribution in [0.15, 0.2) is 18.3 Å². The van der Waals surface area contributed by atoms with E-state index in [9.17, 15) is 0 Å². The Balaban J connectivity index is 2.05. The zero-order valence-corrected chi connectivity index (χ0v) is 11.8. The molecule has 0 aliphatic carbocycles. The molecule has 102 valence electrons. The van der Waals surface area contributed by atoms with Gasteiger partial charge >= 0.3 is 0 Å². The van der Waals surface area contributed by atoms with E-state index in [2.05, 4.69) is 35.1 Å². The van der Waals surface area contributed by atoms with E-state index in [4.69, 9.17) is 5.26 Å². The highest BCUT2D eigenvalue weighted by Gasteiger charge is 2.20. The van der Waals surface area contributed by atoms with Gasteiger partial charge in [-0.15, -0.1) is 0 Å². The molecule has 1 atom stereocenters. The first-order chi connectivity index (χ1) is 9.20. The van der Waals surface area contributed by atoms with Crippen molar-refractivity contribution < 1.29 is 0 Å². The Bertz CT molecular complexity index is 444. The van der Waals surface area contributed by atoms with Crippen molar-refractivity contribution >= 4 is 0 Å². The molecular weight excluding hydrogens is 236 g/mol. The van der Waals surface area contributed by atoms with Crippen LogP contribution < -0.4 is 5.32 Å². The molecule has 4 nitrogen and oxygen atoms in total. The lowest BCUT2D eigenvalue weighted by Crippen LogP contribution is -2.40.